The van der Waals surface area contributed by atoms with Crippen LogP contribution in [-0.2, 0) is 15.8 Å². The first kappa shape index (κ1) is 13.6. The van der Waals surface area contributed by atoms with Gasteiger partial charge in [-0.1, -0.05) is 25.6 Å². The summed E-state index contributed by atoms with van der Waals surface area (Å²) >= 11 is 0. The highest BCUT2D eigenvalue weighted by molar-refractivity contribution is 7.89. The first-order chi connectivity index (χ1) is 8.93. The van der Waals surface area contributed by atoms with E-state index in [4.69, 9.17) is 10.5 Å². The maximum atomic E-state index is 11.5. The zero-order chi connectivity index (χ0) is 14.0. The molecule has 5 nitrogen and oxygen atoms in total. The van der Waals surface area contributed by atoms with E-state index in [0.29, 0.717) is 23.5 Å². The third-order valence-electron chi connectivity index (χ3n) is 2.88. The van der Waals surface area contributed by atoms with Crippen LogP contribution in [0.2, 0.25) is 0 Å². The van der Waals surface area contributed by atoms with E-state index in [0.717, 1.165) is 12.0 Å². The number of ether oxygens (including phenoxy) is 1. The summed E-state index contributed by atoms with van der Waals surface area (Å²) in [5.74, 6) is 0.386. The molecule has 0 unspecified atom stereocenters. The van der Waals surface area contributed by atoms with Gasteiger partial charge in [-0.05, 0) is 23.6 Å². The lowest BCUT2D eigenvalue weighted by Gasteiger charge is -2.18. The van der Waals surface area contributed by atoms with Crippen LogP contribution in [0.25, 0.3) is 0 Å². The second kappa shape index (κ2) is 5.05. The van der Waals surface area contributed by atoms with E-state index in [9.17, 15) is 8.42 Å². The predicted octanol–water partition coefficient (Wildman–Crippen LogP) is 1.58. The third-order valence-corrected chi connectivity index (χ3v) is 4.03. The Labute approximate surface area is 112 Å². The summed E-state index contributed by atoms with van der Waals surface area (Å²) in [6.45, 7) is 6.24. The molecular weight excluding hydrogens is 264 g/mol. The number of sulfonamides is 1. The molecule has 2 N–H and O–H groups in total. The van der Waals surface area contributed by atoms with Crippen molar-refractivity contribution in [3.8, 4) is 5.75 Å². The van der Waals surface area contributed by atoms with E-state index in [1.165, 1.54) is 0 Å². The van der Waals surface area contributed by atoms with Crippen molar-refractivity contribution in [2.45, 2.75) is 19.1 Å². The summed E-state index contributed by atoms with van der Waals surface area (Å²) < 4.78 is 32.2. The fourth-order valence-electron chi connectivity index (χ4n) is 1.81. The Balaban J connectivity index is 2.37. The van der Waals surface area contributed by atoms with E-state index in [1.807, 2.05) is 6.92 Å². The average Bonchev–Trinajstić information content (AvgIpc) is 2.33. The number of fused-ring (bicyclic) bond motifs is 1. The van der Waals surface area contributed by atoms with Crippen molar-refractivity contribution in [1.82, 2.24) is 0 Å². The van der Waals surface area contributed by atoms with E-state index >= 15 is 0 Å². The molecule has 0 saturated heterocycles. The van der Waals surface area contributed by atoms with Crippen LogP contribution in [0.4, 0.5) is 0 Å². The molecular formula is C13H16N2O3S. The van der Waals surface area contributed by atoms with Crippen molar-refractivity contribution >= 4 is 15.9 Å². The molecule has 1 aliphatic rings. The monoisotopic (exact) mass is 280 g/mol. The zero-order valence-corrected chi connectivity index (χ0v) is 11.5. The van der Waals surface area contributed by atoms with Crippen molar-refractivity contribution < 1.29 is 13.2 Å². The van der Waals surface area contributed by atoms with Gasteiger partial charge in [-0.3, -0.25) is 0 Å². The lowest BCUT2D eigenvalue weighted by molar-refractivity contribution is 0.348. The van der Waals surface area contributed by atoms with Crippen LogP contribution in [0.5, 0.6) is 5.75 Å². The molecule has 0 radical (unpaired) electrons. The van der Waals surface area contributed by atoms with Crippen molar-refractivity contribution in [1.29, 1.82) is 0 Å². The summed E-state index contributed by atoms with van der Waals surface area (Å²) in [5, 5.41) is 0. The van der Waals surface area contributed by atoms with Gasteiger partial charge in [0.1, 0.15) is 18.2 Å². The summed E-state index contributed by atoms with van der Waals surface area (Å²) in [7, 11) is -3.51. The number of nitrogens with two attached hydrogens (primary N) is 1. The van der Waals surface area contributed by atoms with Gasteiger partial charge in [-0.25, -0.2) is 8.42 Å². The molecule has 19 heavy (non-hydrogen) atoms. The van der Waals surface area contributed by atoms with Gasteiger partial charge in [0.15, 0.2) is 0 Å². The quantitative estimate of drug-likeness (QED) is 0.849. The van der Waals surface area contributed by atoms with Crippen LogP contribution >= 0.6 is 0 Å². The summed E-state index contributed by atoms with van der Waals surface area (Å²) in [5.41, 5.74) is 7.87. The number of benzene rings is 1. The molecule has 0 saturated carbocycles. The average molecular weight is 280 g/mol. The Morgan fingerprint density at radius 3 is 2.95 bits per heavy atom. The van der Waals surface area contributed by atoms with E-state index < -0.39 is 10.0 Å². The summed E-state index contributed by atoms with van der Waals surface area (Å²) in [6.07, 6.45) is 0.826. The predicted molar refractivity (Wildman–Crippen MR) is 74.7 cm³/mol. The van der Waals surface area contributed by atoms with E-state index in [2.05, 4.69) is 11.0 Å². The topological polar surface area (TPSA) is 81.8 Å². The molecule has 0 aromatic heterocycles. The van der Waals surface area contributed by atoms with Crippen LogP contribution in [0.15, 0.2) is 34.7 Å². The summed E-state index contributed by atoms with van der Waals surface area (Å²) in [4.78, 5) is 0. The van der Waals surface area contributed by atoms with Crippen LogP contribution < -0.4 is 10.5 Å². The maximum absolute atomic E-state index is 11.5. The van der Waals surface area contributed by atoms with Crippen LogP contribution in [-0.4, -0.2) is 20.9 Å². The smallest absolute Gasteiger partial charge is 0.259 e. The highest BCUT2D eigenvalue weighted by atomic mass is 32.2. The number of rotatable bonds is 4. The molecule has 0 atom stereocenters. The normalized spacial score (nSPS) is 16.4. The van der Waals surface area contributed by atoms with Crippen LogP contribution in [0.3, 0.4) is 0 Å². The molecule has 6 heteroatoms. The van der Waals surface area contributed by atoms with Crippen LogP contribution in [0.1, 0.15) is 24.5 Å². The molecule has 0 fully saturated rings. The Bertz CT molecular complexity index is 648. The van der Waals surface area contributed by atoms with Gasteiger partial charge in [0.2, 0.25) is 0 Å². The first-order valence-corrected chi connectivity index (χ1v) is 7.53. The van der Waals surface area contributed by atoms with Crippen molar-refractivity contribution in [2.24, 2.45) is 10.1 Å². The highest BCUT2D eigenvalue weighted by Gasteiger charge is 2.25. The second-order valence-corrected chi connectivity index (χ2v) is 6.02. The number of nitrogens with zero attached hydrogens (tertiary/aromatic N) is 1. The molecule has 2 rings (SSSR count). The number of amidine groups is 1. The van der Waals surface area contributed by atoms with Crippen molar-refractivity contribution in [3.05, 3.63) is 41.5 Å². The SMILES string of the molecule is C=C(CC)COc1cccc2c1C(N)=NS(=O)(=O)C2. The Morgan fingerprint density at radius 2 is 2.26 bits per heavy atom. The molecule has 0 bridgehead atoms. The number of hydrogen-bond donors (Lipinski definition) is 1. The molecule has 1 heterocycles. The first-order valence-electron chi connectivity index (χ1n) is 5.93. The minimum Gasteiger partial charge on any atom is -0.488 e. The molecule has 102 valence electrons. The van der Waals surface area contributed by atoms with Gasteiger partial charge >= 0.3 is 0 Å². The van der Waals surface area contributed by atoms with Gasteiger partial charge in [-0.2, -0.15) is 0 Å². The zero-order valence-electron chi connectivity index (χ0n) is 10.7. The van der Waals surface area contributed by atoms with Crippen molar-refractivity contribution in [3.63, 3.8) is 0 Å². The second-order valence-electron chi connectivity index (χ2n) is 4.39. The Kier molecular flexibility index (Phi) is 3.61. The molecule has 0 aliphatic carbocycles. The molecule has 0 amide bonds. The Hall–Kier alpha value is -1.82. The van der Waals surface area contributed by atoms with Gasteiger partial charge < -0.3 is 10.5 Å². The van der Waals surface area contributed by atoms with E-state index in [1.54, 1.807) is 18.2 Å². The Morgan fingerprint density at radius 1 is 1.53 bits per heavy atom. The van der Waals surface area contributed by atoms with Gasteiger partial charge in [0, 0.05) is 0 Å². The standard InChI is InChI=1S/C13H16N2O3S/c1-3-9(2)7-18-11-6-4-5-10-8-19(16,17)15-13(14)12(10)11/h4-6H,2-3,7-8H2,1H3,(H2,14,15). The third kappa shape index (κ3) is 2.96. The number of hydrogen-bond acceptors (Lipinski definition) is 4. The molecule has 1 aromatic carbocycles. The van der Waals surface area contributed by atoms with Gasteiger partial charge in [0.05, 0.1) is 11.3 Å². The fraction of sp³-hybridized carbons (Fsp3) is 0.308. The lowest BCUT2D eigenvalue weighted by atomic mass is 10.1. The maximum Gasteiger partial charge on any atom is 0.259 e. The minimum absolute atomic E-state index is 0.0149. The highest BCUT2D eigenvalue weighted by Crippen LogP contribution is 2.28. The lowest BCUT2D eigenvalue weighted by Crippen LogP contribution is -2.24. The molecule has 0 spiro atoms. The molecule has 1 aromatic rings. The van der Waals surface area contributed by atoms with E-state index in [-0.39, 0.29) is 11.6 Å². The molecule has 1 aliphatic heterocycles. The largest absolute Gasteiger partial charge is 0.488 e. The van der Waals surface area contributed by atoms with Crippen LogP contribution in [0, 0.1) is 0 Å². The van der Waals surface area contributed by atoms with Gasteiger partial charge in [-0.15, -0.1) is 4.40 Å². The fourth-order valence-corrected chi connectivity index (χ4v) is 2.90. The van der Waals surface area contributed by atoms with Gasteiger partial charge in [0.25, 0.3) is 10.0 Å². The van der Waals surface area contributed by atoms with Crippen molar-refractivity contribution in [2.75, 3.05) is 6.61 Å². The minimum atomic E-state index is -3.51. The summed E-state index contributed by atoms with van der Waals surface area (Å²) in [6, 6.07) is 5.22.